The minimum atomic E-state index is -0.429. The Balaban J connectivity index is 1.62. The number of carbonyl (C=O) groups excluding carboxylic acids is 1. The molecule has 2 fully saturated rings. The summed E-state index contributed by atoms with van der Waals surface area (Å²) in [4.78, 5) is 11.8. The molecule has 1 aliphatic carbocycles. The van der Waals surface area contributed by atoms with Crippen molar-refractivity contribution in [1.82, 2.24) is 10.6 Å². The van der Waals surface area contributed by atoms with Gasteiger partial charge in [-0.3, -0.25) is 0 Å². The van der Waals surface area contributed by atoms with Crippen molar-refractivity contribution < 1.29 is 14.3 Å². The summed E-state index contributed by atoms with van der Waals surface area (Å²) in [5.41, 5.74) is -0.429. The molecule has 0 aromatic rings. The van der Waals surface area contributed by atoms with E-state index < -0.39 is 5.60 Å². The lowest BCUT2D eigenvalue weighted by Gasteiger charge is -2.24. The second kappa shape index (κ2) is 7.45. The molecule has 1 amide bonds. The maximum absolute atomic E-state index is 11.8. The van der Waals surface area contributed by atoms with Crippen molar-refractivity contribution in [2.45, 2.75) is 70.6 Å². The van der Waals surface area contributed by atoms with Gasteiger partial charge in [0.15, 0.2) is 0 Å². The van der Waals surface area contributed by atoms with Crippen molar-refractivity contribution in [3.8, 4) is 0 Å². The van der Waals surface area contributed by atoms with Gasteiger partial charge < -0.3 is 20.1 Å². The maximum atomic E-state index is 11.8. The van der Waals surface area contributed by atoms with Crippen molar-refractivity contribution in [2.75, 3.05) is 19.8 Å². The number of rotatable bonds is 4. The molecule has 1 saturated heterocycles. The molecule has 2 aliphatic rings. The first kappa shape index (κ1) is 16.6. The fourth-order valence-corrected chi connectivity index (χ4v) is 3.07. The van der Waals surface area contributed by atoms with Crippen LogP contribution >= 0.6 is 0 Å². The van der Waals surface area contributed by atoms with E-state index in [1.165, 1.54) is 12.8 Å². The largest absolute Gasteiger partial charge is 0.444 e. The van der Waals surface area contributed by atoms with Crippen LogP contribution in [-0.2, 0) is 9.47 Å². The van der Waals surface area contributed by atoms with Crippen LogP contribution in [0.2, 0.25) is 0 Å². The highest BCUT2D eigenvalue weighted by Crippen LogP contribution is 2.21. The lowest BCUT2D eigenvalue weighted by atomic mass is 10.0. The van der Waals surface area contributed by atoms with Crippen LogP contribution in [0.1, 0.15) is 52.9 Å². The zero-order valence-corrected chi connectivity index (χ0v) is 13.6. The van der Waals surface area contributed by atoms with Gasteiger partial charge in [0.1, 0.15) is 5.60 Å². The molecule has 122 valence electrons. The van der Waals surface area contributed by atoms with E-state index in [4.69, 9.17) is 9.47 Å². The number of hydrogen-bond donors (Lipinski definition) is 2. The van der Waals surface area contributed by atoms with Gasteiger partial charge in [-0.05, 0) is 58.8 Å². The van der Waals surface area contributed by atoms with Crippen LogP contribution in [0.5, 0.6) is 0 Å². The summed E-state index contributed by atoms with van der Waals surface area (Å²) in [5.74, 6) is 0.650. The van der Waals surface area contributed by atoms with Crippen LogP contribution in [0.25, 0.3) is 0 Å². The summed E-state index contributed by atoms with van der Waals surface area (Å²) >= 11 is 0. The number of nitrogens with one attached hydrogen (secondary N) is 2. The van der Waals surface area contributed by atoms with Crippen molar-refractivity contribution in [2.24, 2.45) is 5.92 Å². The lowest BCUT2D eigenvalue weighted by molar-refractivity contribution is 0.0503. The first-order valence-corrected chi connectivity index (χ1v) is 8.23. The van der Waals surface area contributed by atoms with Crippen LogP contribution in [0.15, 0.2) is 0 Å². The predicted molar refractivity (Wildman–Crippen MR) is 82.3 cm³/mol. The number of carbonyl (C=O) groups is 1. The van der Waals surface area contributed by atoms with Crippen LogP contribution in [0, 0.1) is 5.92 Å². The Morgan fingerprint density at radius 3 is 2.67 bits per heavy atom. The molecular weight excluding hydrogens is 268 g/mol. The Kier molecular flexibility index (Phi) is 5.88. The van der Waals surface area contributed by atoms with Gasteiger partial charge in [-0.1, -0.05) is 0 Å². The monoisotopic (exact) mass is 298 g/mol. The molecule has 21 heavy (non-hydrogen) atoms. The van der Waals surface area contributed by atoms with Gasteiger partial charge in [0.05, 0.1) is 6.61 Å². The third-order valence-electron chi connectivity index (χ3n) is 4.10. The summed E-state index contributed by atoms with van der Waals surface area (Å²) in [6, 6.07) is 0.742. The zero-order valence-electron chi connectivity index (χ0n) is 13.6. The molecule has 0 aromatic heterocycles. The molecule has 1 aliphatic heterocycles. The van der Waals surface area contributed by atoms with E-state index in [1.807, 2.05) is 20.8 Å². The SMILES string of the molecule is CC(C)(C)OC(=O)NC1CCC(NCC2CCCOC2)C1. The van der Waals surface area contributed by atoms with Crippen molar-refractivity contribution in [3.05, 3.63) is 0 Å². The average molecular weight is 298 g/mol. The molecule has 5 nitrogen and oxygen atoms in total. The van der Waals surface area contributed by atoms with E-state index in [-0.39, 0.29) is 12.1 Å². The third kappa shape index (κ3) is 6.22. The Labute approximate surface area is 128 Å². The van der Waals surface area contributed by atoms with Crippen molar-refractivity contribution >= 4 is 6.09 Å². The predicted octanol–water partition coefficient (Wildman–Crippen LogP) is 2.45. The van der Waals surface area contributed by atoms with Crippen LogP contribution in [0.4, 0.5) is 4.79 Å². The highest BCUT2D eigenvalue weighted by Gasteiger charge is 2.28. The summed E-state index contributed by atoms with van der Waals surface area (Å²) in [7, 11) is 0. The Bertz CT molecular complexity index is 335. The third-order valence-corrected chi connectivity index (χ3v) is 4.10. The van der Waals surface area contributed by atoms with E-state index in [2.05, 4.69) is 10.6 Å². The number of hydrogen-bond acceptors (Lipinski definition) is 4. The summed E-state index contributed by atoms with van der Waals surface area (Å²) in [5, 5.41) is 6.61. The van der Waals surface area contributed by atoms with Crippen molar-refractivity contribution in [3.63, 3.8) is 0 Å². The molecule has 2 rings (SSSR count). The van der Waals surface area contributed by atoms with Gasteiger partial charge in [-0.25, -0.2) is 4.79 Å². The van der Waals surface area contributed by atoms with Gasteiger partial charge in [-0.2, -0.15) is 0 Å². The molecule has 0 radical (unpaired) electrons. The van der Waals surface area contributed by atoms with Gasteiger partial charge in [-0.15, -0.1) is 0 Å². The van der Waals surface area contributed by atoms with E-state index in [0.717, 1.165) is 39.0 Å². The first-order chi connectivity index (χ1) is 9.92. The molecule has 3 atom stereocenters. The van der Waals surface area contributed by atoms with E-state index in [1.54, 1.807) is 0 Å². The Morgan fingerprint density at radius 1 is 1.24 bits per heavy atom. The first-order valence-electron chi connectivity index (χ1n) is 8.23. The van der Waals surface area contributed by atoms with Crippen molar-refractivity contribution in [1.29, 1.82) is 0 Å². The summed E-state index contributed by atoms with van der Waals surface area (Å²) in [6.07, 6.45) is 5.28. The minimum Gasteiger partial charge on any atom is -0.444 e. The zero-order chi connectivity index (χ0) is 15.3. The molecule has 1 saturated carbocycles. The maximum Gasteiger partial charge on any atom is 0.407 e. The minimum absolute atomic E-state index is 0.236. The molecule has 2 N–H and O–H groups in total. The second-order valence-electron chi connectivity index (χ2n) is 7.34. The number of amides is 1. The molecule has 3 unspecified atom stereocenters. The fourth-order valence-electron chi connectivity index (χ4n) is 3.07. The molecule has 1 heterocycles. The fraction of sp³-hybridized carbons (Fsp3) is 0.938. The average Bonchev–Trinajstić information content (AvgIpc) is 2.83. The van der Waals surface area contributed by atoms with E-state index in [0.29, 0.717) is 12.0 Å². The van der Waals surface area contributed by atoms with Gasteiger partial charge >= 0.3 is 6.09 Å². The normalized spacial score (nSPS) is 30.1. The second-order valence-corrected chi connectivity index (χ2v) is 7.34. The molecular formula is C16H30N2O3. The standard InChI is InChI=1S/C16H30N2O3/c1-16(2,3)21-15(19)18-14-7-6-13(9-14)17-10-12-5-4-8-20-11-12/h12-14,17H,4-11H2,1-3H3,(H,18,19). The highest BCUT2D eigenvalue weighted by molar-refractivity contribution is 5.68. The topological polar surface area (TPSA) is 59.6 Å². The molecule has 0 bridgehead atoms. The van der Waals surface area contributed by atoms with Crippen LogP contribution in [-0.4, -0.2) is 43.5 Å². The Hall–Kier alpha value is -0.810. The lowest BCUT2D eigenvalue weighted by Crippen LogP contribution is -2.39. The summed E-state index contributed by atoms with van der Waals surface area (Å²) in [6.45, 7) is 8.50. The highest BCUT2D eigenvalue weighted by atomic mass is 16.6. The summed E-state index contributed by atoms with van der Waals surface area (Å²) < 4.78 is 10.8. The number of ether oxygens (including phenoxy) is 2. The molecule has 0 aromatic carbocycles. The van der Waals surface area contributed by atoms with Gasteiger partial charge in [0.2, 0.25) is 0 Å². The van der Waals surface area contributed by atoms with Crippen LogP contribution in [0.3, 0.4) is 0 Å². The van der Waals surface area contributed by atoms with E-state index in [9.17, 15) is 4.79 Å². The number of alkyl carbamates (subject to hydrolysis) is 1. The smallest absolute Gasteiger partial charge is 0.407 e. The van der Waals surface area contributed by atoms with E-state index >= 15 is 0 Å². The molecule has 5 heteroatoms. The Morgan fingerprint density at radius 2 is 2.00 bits per heavy atom. The molecule has 0 spiro atoms. The van der Waals surface area contributed by atoms with Gasteiger partial charge in [0, 0.05) is 25.2 Å². The quantitative estimate of drug-likeness (QED) is 0.837. The van der Waals surface area contributed by atoms with Crippen LogP contribution < -0.4 is 10.6 Å². The van der Waals surface area contributed by atoms with Gasteiger partial charge in [0.25, 0.3) is 0 Å².